The van der Waals surface area contributed by atoms with Crippen LogP contribution in [-0.4, -0.2) is 49.1 Å². The molecule has 0 amide bonds. The van der Waals surface area contributed by atoms with Crippen molar-refractivity contribution in [3.05, 3.63) is 30.3 Å². The van der Waals surface area contributed by atoms with Crippen LogP contribution >= 0.6 is 15.9 Å². The molecule has 0 atom stereocenters. The van der Waals surface area contributed by atoms with Crippen molar-refractivity contribution in [1.29, 1.82) is 0 Å². The molecule has 0 saturated carbocycles. The quantitative estimate of drug-likeness (QED) is 0.474. The van der Waals surface area contributed by atoms with Crippen LogP contribution in [0.25, 0.3) is 0 Å². The maximum absolute atomic E-state index is 11.1. The first kappa shape index (κ1) is 14.5. The minimum atomic E-state index is -3.43. The van der Waals surface area contributed by atoms with E-state index in [9.17, 15) is 8.42 Å². The van der Waals surface area contributed by atoms with Gasteiger partial charge in [0.25, 0.3) is 0 Å². The van der Waals surface area contributed by atoms with Crippen LogP contribution in [0.3, 0.4) is 0 Å². The van der Waals surface area contributed by atoms with Gasteiger partial charge < -0.3 is 4.18 Å². The number of hydrogen-bond acceptors (Lipinski definition) is 3. The maximum atomic E-state index is 11.1. The molecule has 74 valence electrons. The van der Waals surface area contributed by atoms with Gasteiger partial charge in [-0.3, -0.25) is 0 Å². The van der Waals surface area contributed by atoms with E-state index in [4.69, 9.17) is 4.18 Å². The molecule has 0 aliphatic heterocycles. The van der Waals surface area contributed by atoms with Gasteiger partial charge in [-0.2, -0.15) is 8.42 Å². The Hall–Kier alpha value is 0.450. The van der Waals surface area contributed by atoms with Gasteiger partial charge in [0.15, 0.2) is 0 Å². The molecule has 0 aliphatic rings. The molecule has 0 heterocycles. The van der Waals surface area contributed by atoms with Crippen LogP contribution in [0.4, 0.5) is 0 Å². The Morgan fingerprint density at radius 1 is 1.21 bits per heavy atom. The van der Waals surface area contributed by atoms with Gasteiger partial charge in [0.2, 0.25) is 0 Å². The number of para-hydroxylation sites is 1. The van der Waals surface area contributed by atoms with Gasteiger partial charge in [-0.15, -0.1) is 0 Å². The van der Waals surface area contributed by atoms with Crippen molar-refractivity contribution in [2.75, 3.05) is 11.1 Å². The molecular weight excluding hydrogens is 279 g/mol. The molecule has 0 saturated heterocycles. The van der Waals surface area contributed by atoms with Crippen LogP contribution in [0.1, 0.15) is 0 Å². The second-order valence-electron chi connectivity index (χ2n) is 2.35. The summed E-state index contributed by atoms with van der Waals surface area (Å²) in [6.45, 7) is 0. The Morgan fingerprint density at radius 3 is 2.29 bits per heavy atom. The third-order valence-electron chi connectivity index (χ3n) is 1.29. The topological polar surface area (TPSA) is 43.4 Å². The van der Waals surface area contributed by atoms with E-state index in [2.05, 4.69) is 15.9 Å². The fourth-order valence-electron chi connectivity index (χ4n) is 0.759. The first-order valence-corrected chi connectivity index (χ1v) is 6.37. The Kier molecular flexibility index (Phi) is 7.07. The fourth-order valence-corrected chi connectivity index (χ4v) is 2.62. The van der Waals surface area contributed by atoms with E-state index in [1.165, 1.54) is 0 Å². The van der Waals surface area contributed by atoms with Crippen LogP contribution in [-0.2, 0) is 10.1 Å². The Balaban J connectivity index is 0.00000169. The van der Waals surface area contributed by atoms with Gasteiger partial charge in [-0.25, -0.2) is 0 Å². The SMILES string of the molecule is O=S(=O)(CCBr)Oc1ccccc1.[NaH]. The van der Waals surface area contributed by atoms with E-state index in [-0.39, 0.29) is 35.3 Å². The summed E-state index contributed by atoms with van der Waals surface area (Å²) in [5, 5.41) is 0.377. The van der Waals surface area contributed by atoms with E-state index >= 15 is 0 Å². The van der Waals surface area contributed by atoms with Crippen molar-refractivity contribution in [3.8, 4) is 5.75 Å². The van der Waals surface area contributed by atoms with Gasteiger partial charge >= 0.3 is 39.7 Å². The molecule has 0 unspecified atom stereocenters. The van der Waals surface area contributed by atoms with Crippen molar-refractivity contribution in [1.82, 2.24) is 0 Å². The van der Waals surface area contributed by atoms with Gasteiger partial charge in [0, 0.05) is 5.33 Å². The van der Waals surface area contributed by atoms with Crippen LogP contribution in [0, 0.1) is 0 Å². The molecule has 3 nitrogen and oxygen atoms in total. The van der Waals surface area contributed by atoms with E-state index in [0.717, 1.165) is 0 Å². The van der Waals surface area contributed by atoms with Crippen LogP contribution in [0.15, 0.2) is 30.3 Å². The van der Waals surface area contributed by atoms with E-state index in [1.807, 2.05) is 0 Å². The summed E-state index contributed by atoms with van der Waals surface area (Å²) >= 11 is 3.04. The second kappa shape index (κ2) is 6.85. The molecule has 0 fully saturated rings. The third-order valence-corrected chi connectivity index (χ3v) is 3.37. The van der Waals surface area contributed by atoms with Gasteiger partial charge in [0.1, 0.15) is 5.75 Å². The molecule has 1 aromatic carbocycles. The first-order valence-electron chi connectivity index (χ1n) is 3.67. The molecule has 6 heteroatoms. The van der Waals surface area contributed by atoms with E-state index < -0.39 is 10.1 Å². The average Bonchev–Trinajstić information content (AvgIpc) is 2.04. The minimum absolute atomic E-state index is 0. The Morgan fingerprint density at radius 2 is 1.79 bits per heavy atom. The number of rotatable bonds is 4. The van der Waals surface area contributed by atoms with E-state index in [0.29, 0.717) is 11.1 Å². The molecule has 0 radical (unpaired) electrons. The molecule has 0 bridgehead atoms. The first-order chi connectivity index (χ1) is 6.14. The molecule has 1 aromatic rings. The van der Waals surface area contributed by atoms with Crippen molar-refractivity contribution >= 4 is 55.6 Å². The van der Waals surface area contributed by atoms with Crippen LogP contribution < -0.4 is 4.18 Å². The summed E-state index contributed by atoms with van der Waals surface area (Å²) in [5.74, 6) is 0.325. The predicted octanol–water partition coefficient (Wildman–Crippen LogP) is 1.14. The number of benzene rings is 1. The monoisotopic (exact) mass is 288 g/mol. The second-order valence-corrected chi connectivity index (χ2v) is 4.83. The van der Waals surface area contributed by atoms with Crippen molar-refractivity contribution in [3.63, 3.8) is 0 Å². The fraction of sp³-hybridized carbons (Fsp3) is 0.250. The van der Waals surface area contributed by atoms with Crippen LogP contribution in [0.2, 0.25) is 0 Å². The Labute approximate surface area is 114 Å². The zero-order valence-corrected chi connectivity index (χ0v) is 9.21. The molecular formula is C8H10BrNaO3S. The predicted molar refractivity (Wildman–Crippen MR) is 61.8 cm³/mol. The Bertz CT molecular complexity index is 352. The molecule has 0 aromatic heterocycles. The summed E-state index contributed by atoms with van der Waals surface area (Å²) < 4.78 is 27.1. The van der Waals surface area contributed by atoms with Crippen molar-refractivity contribution < 1.29 is 12.6 Å². The normalized spacial score (nSPS) is 10.4. The summed E-state index contributed by atoms with van der Waals surface area (Å²) in [5.41, 5.74) is 0. The summed E-state index contributed by atoms with van der Waals surface area (Å²) in [4.78, 5) is 0. The van der Waals surface area contributed by atoms with Crippen LogP contribution in [0.5, 0.6) is 5.75 Å². The van der Waals surface area contributed by atoms with Gasteiger partial charge in [0.05, 0.1) is 5.75 Å². The average molecular weight is 289 g/mol. The molecule has 0 spiro atoms. The standard InChI is InChI=1S/C8H9BrO3S.Na.H/c9-6-7-13(10,11)12-8-4-2-1-3-5-8;;/h1-5H,6-7H2;;. The van der Waals surface area contributed by atoms with Gasteiger partial charge in [-0.05, 0) is 12.1 Å². The molecule has 0 N–H and O–H groups in total. The molecule has 0 aliphatic carbocycles. The molecule has 1 rings (SSSR count). The number of alkyl halides is 1. The van der Waals surface area contributed by atoms with Crippen molar-refractivity contribution in [2.24, 2.45) is 0 Å². The third kappa shape index (κ3) is 5.36. The summed E-state index contributed by atoms with van der Waals surface area (Å²) in [6.07, 6.45) is 0. The summed E-state index contributed by atoms with van der Waals surface area (Å²) in [7, 11) is -3.43. The summed E-state index contributed by atoms with van der Waals surface area (Å²) in [6, 6.07) is 8.44. The molecule has 14 heavy (non-hydrogen) atoms. The zero-order chi connectivity index (χ0) is 9.73. The zero-order valence-electron chi connectivity index (χ0n) is 6.81. The number of hydrogen-bond donors (Lipinski definition) is 0. The van der Waals surface area contributed by atoms with Gasteiger partial charge in [-0.1, -0.05) is 34.1 Å². The van der Waals surface area contributed by atoms with E-state index in [1.54, 1.807) is 30.3 Å². The number of halogens is 1. The van der Waals surface area contributed by atoms with Crippen molar-refractivity contribution in [2.45, 2.75) is 0 Å².